The fraction of sp³-hybridized carbons (Fsp3) is 0.214. The molecule has 0 bridgehead atoms. The molecular weight excluding hydrogens is 248 g/mol. The summed E-state index contributed by atoms with van der Waals surface area (Å²) in [4.78, 5) is 4.28. The van der Waals surface area contributed by atoms with E-state index in [1.165, 1.54) is 0 Å². The van der Waals surface area contributed by atoms with Gasteiger partial charge in [0.05, 0.1) is 10.7 Å². The number of ether oxygens (including phenoxy) is 1. The summed E-state index contributed by atoms with van der Waals surface area (Å²) in [6.45, 7) is 1.89. The number of aromatic nitrogens is 1. The molecule has 1 heterocycles. The van der Waals surface area contributed by atoms with Gasteiger partial charge in [-0.2, -0.15) is 0 Å². The van der Waals surface area contributed by atoms with Gasteiger partial charge in [-0.3, -0.25) is 4.98 Å². The van der Waals surface area contributed by atoms with Crippen molar-refractivity contribution in [1.29, 1.82) is 0 Å². The van der Waals surface area contributed by atoms with Gasteiger partial charge in [-0.1, -0.05) is 29.8 Å². The van der Waals surface area contributed by atoms with Gasteiger partial charge in [-0.05, 0) is 31.2 Å². The monoisotopic (exact) mass is 262 g/mol. The molecule has 0 saturated heterocycles. The molecule has 0 fully saturated rings. The van der Waals surface area contributed by atoms with E-state index in [0.29, 0.717) is 10.8 Å². The zero-order chi connectivity index (χ0) is 13.0. The van der Waals surface area contributed by atoms with Gasteiger partial charge in [-0.25, -0.2) is 0 Å². The lowest BCUT2D eigenvalue weighted by molar-refractivity contribution is 0.176. The minimum atomic E-state index is -0.314. The third kappa shape index (κ3) is 3.00. The van der Waals surface area contributed by atoms with Crippen LogP contribution >= 0.6 is 11.6 Å². The lowest BCUT2D eigenvalue weighted by Crippen LogP contribution is -2.29. The molecule has 2 aromatic rings. The van der Waals surface area contributed by atoms with Crippen molar-refractivity contribution in [2.75, 3.05) is 0 Å². The number of pyridine rings is 1. The normalized spacial score (nSPS) is 13.9. The topological polar surface area (TPSA) is 48.1 Å². The molecule has 18 heavy (non-hydrogen) atoms. The minimum Gasteiger partial charge on any atom is -0.481 e. The van der Waals surface area contributed by atoms with E-state index in [-0.39, 0.29) is 12.1 Å². The summed E-state index contributed by atoms with van der Waals surface area (Å²) in [5.74, 6) is 0.618. The number of halogens is 1. The Hall–Kier alpha value is -1.58. The van der Waals surface area contributed by atoms with Crippen LogP contribution in [0.4, 0.5) is 0 Å². The van der Waals surface area contributed by atoms with Crippen LogP contribution in [0.25, 0.3) is 0 Å². The molecule has 4 heteroatoms. The summed E-state index contributed by atoms with van der Waals surface area (Å²) in [6.07, 6.45) is 1.41. The molecule has 1 aromatic carbocycles. The summed E-state index contributed by atoms with van der Waals surface area (Å²) in [5.41, 5.74) is 6.76. The second-order valence-corrected chi connectivity index (χ2v) is 4.49. The van der Waals surface area contributed by atoms with Crippen LogP contribution in [-0.2, 0) is 0 Å². The average Bonchev–Trinajstić information content (AvgIpc) is 2.38. The first kappa shape index (κ1) is 12.9. The number of nitrogens with zero attached hydrogens (tertiary/aromatic N) is 1. The predicted molar refractivity (Wildman–Crippen MR) is 72.7 cm³/mol. The first-order chi connectivity index (χ1) is 8.68. The van der Waals surface area contributed by atoms with Gasteiger partial charge < -0.3 is 10.5 Å². The van der Waals surface area contributed by atoms with Gasteiger partial charge in [-0.15, -0.1) is 0 Å². The van der Waals surface area contributed by atoms with Crippen molar-refractivity contribution >= 4 is 11.6 Å². The quantitative estimate of drug-likeness (QED) is 0.920. The summed E-state index contributed by atoms with van der Waals surface area (Å²) in [5, 5.41) is 0.569. The highest BCUT2D eigenvalue weighted by Gasteiger charge is 2.20. The van der Waals surface area contributed by atoms with Crippen LogP contribution in [0, 0.1) is 0 Å². The first-order valence-corrected chi connectivity index (χ1v) is 6.14. The Morgan fingerprint density at radius 3 is 2.50 bits per heavy atom. The largest absolute Gasteiger partial charge is 0.481 e. The molecule has 0 aliphatic rings. The molecule has 2 rings (SSSR count). The van der Waals surface area contributed by atoms with Crippen molar-refractivity contribution in [2.45, 2.75) is 19.1 Å². The van der Waals surface area contributed by atoms with E-state index in [1.807, 2.05) is 43.3 Å². The molecule has 2 unspecified atom stereocenters. The van der Waals surface area contributed by atoms with Gasteiger partial charge in [0.2, 0.25) is 0 Å². The van der Waals surface area contributed by atoms with E-state index >= 15 is 0 Å². The lowest BCUT2D eigenvalue weighted by Gasteiger charge is -2.22. The van der Waals surface area contributed by atoms with E-state index in [1.54, 1.807) is 12.3 Å². The van der Waals surface area contributed by atoms with Crippen molar-refractivity contribution in [2.24, 2.45) is 5.73 Å². The van der Waals surface area contributed by atoms with Crippen molar-refractivity contribution in [3.63, 3.8) is 0 Å². The molecule has 0 aliphatic heterocycles. The first-order valence-electron chi connectivity index (χ1n) is 5.76. The van der Waals surface area contributed by atoms with Gasteiger partial charge in [0, 0.05) is 12.2 Å². The zero-order valence-electron chi connectivity index (χ0n) is 10.1. The maximum Gasteiger partial charge on any atom is 0.155 e. The van der Waals surface area contributed by atoms with E-state index in [9.17, 15) is 0 Å². The molecule has 0 spiro atoms. The molecule has 1 aromatic heterocycles. The van der Waals surface area contributed by atoms with Crippen LogP contribution in [0.5, 0.6) is 5.75 Å². The number of rotatable bonds is 4. The predicted octanol–water partition coefficient (Wildman–Crippen LogP) is 3.20. The van der Waals surface area contributed by atoms with E-state index in [4.69, 9.17) is 22.1 Å². The smallest absolute Gasteiger partial charge is 0.155 e. The van der Waals surface area contributed by atoms with Crippen LogP contribution in [-0.4, -0.2) is 11.0 Å². The Morgan fingerprint density at radius 2 is 1.89 bits per heavy atom. The Morgan fingerprint density at radius 1 is 1.17 bits per heavy atom. The summed E-state index contributed by atoms with van der Waals surface area (Å²) in [6, 6.07) is 12.8. The van der Waals surface area contributed by atoms with Gasteiger partial charge >= 0.3 is 0 Å². The fourth-order valence-corrected chi connectivity index (χ4v) is 1.84. The van der Waals surface area contributed by atoms with Gasteiger partial charge in [0.15, 0.2) is 6.10 Å². The standard InChI is InChI=1S/C14H15ClN2O/c1-10(16)14(12-7-4-5-9-17-12)18-13-8-3-2-6-11(13)15/h2-10,14H,16H2,1H3. The van der Waals surface area contributed by atoms with Crippen molar-refractivity contribution < 1.29 is 4.74 Å². The van der Waals surface area contributed by atoms with Crippen LogP contribution in [0.15, 0.2) is 48.7 Å². The third-order valence-corrected chi connectivity index (χ3v) is 2.86. The van der Waals surface area contributed by atoms with Crippen LogP contribution in [0.1, 0.15) is 18.7 Å². The highest BCUT2D eigenvalue weighted by atomic mass is 35.5. The second kappa shape index (κ2) is 5.85. The van der Waals surface area contributed by atoms with Crippen molar-refractivity contribution in [1.82, 2.24) is 4.98 Å². The highest BCUT2D eigenvalue weighted by molar-refractivity contribution is 6.32. The molecule has 0 amide bonds. The van der Waals surface area contributed by atoms with Crippen molar-refractivity contribution in [3.8, 4) is 5.75 Å². The van der Waals surface area contributed by atoms with E-state index < -0.39 is 0 Å². The van der Waals surface area contributed by atoms with Crippen molar-refractivity contribution in [3.05, 3.63) is 59.4 Å². The second-order valence-electron chi connectivity index (χ2n) is 4.08. The summed E-state index contributed by atoms with van der Waals surface area (Å²) in [7, 11) is 0. The maximum atomic E-state index is 6.07. The molecule has 2 atom stereocenters. The fourth-order valence-electron chi connectivity index (χ4n) is 1.66. The Kier molecular flexibility index (Phi) is 4.18. The number of para-hydroxylation sites is 1. The summed E-state index contributed by atoms with van der Waals surface area (Å²) >= 11 is 6.07. The molecule has 0 radical (unpaired) electrons. The van der Waals surface area contributed by atoms with Crippen LogP contribution in [0.3, 0.4) is 0 Å². The number of benzene rings is 1. The van der Waals surface area contributed by atoms with Crippen LogP contribution < -0.4 is 10.5 Å². The molecule has 0 saturated carbocycles. The zero-order valence-corrected chi connectivity index (χ0v) is 10.8. The number of hydrogen-bond acceptors (Lipinski definition) is 3. The van der Waals surface area contributed by atoms with E-state index in [0.717, 1.165) is 5.69 Å². The SMILES string of the molecule is CC(N)C(Oc1ccccc1Cl)c1ccccn1. The minimum absolute atomic E-state index is 0.184. The number of nitrogens with two attached hydrogens (primary N) is 1. The number of hydrogen-bond donors (Lipinski definition) is 1. The lowest BCUT2D eigenvalue weighted by atomic mass is 10.1. The van der Waals surface area contributed by atoms with E-state index in [2.05, 4.69) is 4.98 Å². The molecule has 0 aliphatic carbocycles. The van der Waals surface area contributed by atoms with Gasteiger partial charge in [0.25, 0.3) is 0 Å². The highest BCUT2D eigenvalue weighted by Crippen LogP contribution is 2.29. The third-order valence-electron chi connectivity index (χ3n) is 2.55. The summed E-state index contributed by atoms with van der Waals surface area (Å²) < 4.78 is 5.87. The molecule has 3 nitrogen and oxygen atoms in total. The Labute approximate surface area is 112 Å². The maximum absolute atomic E-state index is 6.07. The molecular formula is C14H15ClN2O. The molecule has 2 N–H and O–H groups in total. The molecule has 94 valence electrons. The Bertz CT molecular complexity index is 502. The Balaban J connectivity index is 2.26. The van der Waals surface area contributed by atoms with Crippen LogP contribution in [0.2, 0.25) is 5.02 Å². The average molecular weight is 263 g/mol. The van der Waals surface area contributed by atoms with Gasteiger partial charge in [0.1, 0.15) is 5.75 Å².